The molecule has 0 radical (unpaired) electrons. The van der Waals surface area contributed by atoms with Gasteiger partial charge in [-0.3, -0.25) is 0 Å². The third-order valence-corrected chi connectivity index (χ3v) is 4.27. The molecule has 0 amide bonds. The van der Waals surface area contributed by atoms with Crippen molar-refractivity contribution in [3.63, 3.8) is 0 Å². The molecule has 0 spiro atoms. The molecule has 1 unspecified atom stereocenters. The van der Waals surface area contributed by atoms with Crippen molar-refractivity contribution in [3.05, 3.63) is 69.5 Å². The van der Waals surface area contributed by atoms with Gasteiger partial charge >= 0.3 is 0 Å². The third kappa shape index (κ3) is 2.76. The molecule has 2 aromatic rings. The Bertz CT molecular complexity index is 581. The molecule has 94 valence electrons. The minimum absolute atomic E-state index is 0.0239. The molecule has 0 aliphatic rings. The summed E-state index contributed by atoms with van der Waals surface area (Å²) in [6.45, 7) is 4.10. The second-order valence-corrected chi connectivity index (χ2v) is 5.72. The molecular formula is C15H13BrClF. The predicted octanol–water partition coefficient (Wildman–Crippen LogP) is 5.58. The van der Waals surface area contributed by atoms with Gasteiger partial charge in [0.2, 0.25) is 0 Å². The highest BCUT2D eigenvalue weighted by Gasteiger charge is 2.14. The van der Waals surface area contributed by atoms with Gasteiger partial charge in [-0.1, -0.05) is 57.4 Å². The molecule has 2 aromatic carbocycles. The topological polar surface area (TPSA) is 0 Å². The number of rotatable bonds is 2. The van der Waals surface area contributed by atoms with Gasteiger partial charge in [-0.2, -0.15) is 0 Å². The zero-order valence-electron chi connectivity index (χ0n) is 10.2. The van der Waals surface area contributed by atoms with E-state index in [1.165, 1.54) is 17.2 Å². The lowest BCUT2D eigenvalue weighted by atomic mass is 9.98. The van der Waals surface area contributed by atoms with Crippen LogP contribution in [-0.4, -0.2) is 0 Å². The quantitative estimate of drug-likeness (QED) is 0.632. The van der Waals surface area contributed by atoms with E-state index in [4.69, 9.17) is 11.6 Å². The van der Waals surface area contributed by atoms with Crippen LogP contribution in [-0.2, 0) is 0 Å². The number of benzene rings is 2. The third-order valence-electron chi connectivity index (χ3n) is 2.94. The summed E-state index contributed by atoms with van der Waals surface area (Å²) in [5, 5.41) is 0.152. The van der Waals surface area contributed by atoms with Gasteiger partial charge in [0.15, 0.2) is 0 Å². The number of halogens is 3. The van der Waals surface area contributed by atoms with Gasteiger partial charge in [0.25, 0.3) is 0 Å². The van der Waals surface area contributed by atoms with Gasteiger partial charge in [0.05, 0.1) is 9.85 Å². The largest absolute Gasteiger partial charge is 0.205 e. The second-order valence-electron chi connectivity index (χ2n) is 4.40. The van der Waals surface area contributed by atoms with Crippen LogP contribution in [0.3, 0.4) is 0 Å². The van der Waals surface area contributed by atoms with Crippen LogP contribution in [0.2, 0.25) is 5.02 Å². The maximum absolute atomic E-state index is 13.5. The molecule has 0 N–H and O–H groups in total. The molecule has 0 aromatic heterocycles. The van der Waals surface area contributed by atoms with Crippen LogP contribution in [0, 0.1) is 19.7 Å². The molecular weight excluding hydrogens is 315 g/mol. The number of hydrogen-bond donors (Lipinski definition) is 0. The van der Waals surface area contributed by atoms with E-state index >= 15 is 0 Å². The minimum atomic E-state index is -0.385. The van der Waals surface area contributed by atoms with Crippen molar-refractivity contribution < 1.29 is 4.39 Å². The first-order valence-electron chi connectivity index (χ1n) is 5.65. The van der Waals surface area contributed by atoms with E-state index in [0.29, 0.717) is 0 Å². The number of aryl methyl sites for hydroxylation is 2. The zero-order valence-corrected chi connectivity index (χ0v) is 12.5. The van der Waals surface area contributed by atoms with Gasteiger partial charge in [-0.05, 0) is 42.7 Å². The van der Waals surface area contributed by atoms with Crippen molar-refractivity contribution in [1.82, 2.24) is 0 Å². The maximum atomic E-state index is 13.5. The molecule has 3 heteroatoms. The monoisotopic (exact) mass is 326 g/mol. The lowest BCUT2D eigenvalue weighted by Gasteiger charge is -2.15. The average Bonchev–Trinajstić information content (AvgIpc) is 2.35. The maximum Gasteiger partial charge on any atom is 0.142 e. The van der Waals surface area contributed by atoms with E-state index in [1.54, 1.807) is 6.07 Å². The minimum Gasteiger partial charge on any atom is -0.205 e. The molecule has 0 saturated heterocycles. The first-order chi connectivity index (χ1) is 8.49. The molecule has 0 aliphatic heterocycles. The van der Waals surface area contributed by atoms with Crippen molar-refractivity contribution in [2.75, 3.05) is 0 Å². The Hall–Kier alpha value is -0.860. The Kier molecular flexibility index (Phi) is 4.08. The Morgan fingerprint density at radius 1 is 1.11 bits per heavy atom. The van der Waals surface area contributed by atoms with E-state index in [2.05, 4.69) is 41.1 Å². The Morgan fingerprint density at radius 2 is 1.83 bits per heavy atom. The normalized spacial score (nSPS) is 12.5. The molecule has 2 rings (SSSR count). The fourth-order valence-electron chi connectivity index (χ4n) is 1.88. The molecule has 0 fully saturated rings. The molecule has 1 atom stereocenters. The lowest BCUT2D eigenvalue weighted by molar-refractivity contribution is 0.626. The van der Waals surface area contributed by atoms with Crippen molar-refractivity contribution in [1.29, 1.82) is 0 Å². The zero-order chi connectivity index (χ0) is 13.3. The van der Waals surface area contributed by atoms with Crippen LogP contribution in [0.25, 0.3) is 0 Å². The van der Waals surface area contributed by atoms with E-state index in [1.807, 2.05) is 13.0 Å². The summed E-state index contributed by atoms with van der Waals surface area (Å²) >= 11 is 9.33. The fraction of sp³-hybridized carbons (Fsp3) is 0.200. The lowest BCUT2D eigenvalue weighted by Crippen LogP contribution is -1.97. The van der Waals surface area contributed by atoms with Crippen LogP contribution >= 0.6 is 27.5 Å². The van der Waals surface area contributed by atoms with Crippen LogP contribution in [0.15, 0.2) is 36.4 Å². The highest BCUT2D eigenvalue weighted by Crippen LogP contribution is 2.34. The Labute approximate surface area is 120 Å². The average molecular weight is 328 g/mol. The Morgan fingerprint density at radius 3 is 2.50 bits per heavy atom. The summed E-state index contributed by atoms with van der Waals surface area (Å²) in [6.07, 6.45) is 0. The highest BCUT2D eigenvalue weighted by molar-refractivity contribution is 9.09. The number of alkyl halides is 1. The summed E-state index contributed by atoms with van der Waals surface area (Å²) in [5.74, 6) is -0.385. The molecule has 18 heavy (non-hydrogen) atoms. The van der Waals surface area contributed by atoms with E-state index in [9.17, 15) is 4.39 Å². The molecule has 0 heterocycles. The fourth-order valence-corrected chi connectivity index (χ4v) is 2.78. The van der Waals surface area contributed by atoms with Gasteiger partial charge in [-0.25, -0.2) is 4.39 Å². The standard InChI is InChI=1S/C15H13BrClF/c1-9-3-4-10(2)12(7-9)15(16)11-5-6-13(17)14(18)8-11/h3-8,15H,1-2H3. The van der Waals surface area contributed by atoms with Crippen molar-refractivity contribution in [2.24, 2.45) is 0 Å². The molecule has 0 saturated carbocycles. The van der Waals surface area contributed by atoms with E-state index < -0.39 is 0 Å². The van der Waals surface area contributed by atoms with Crippen molar-refractivity contribution >= 4 is 27.5 Å². The smallest absolute Gasteiger partial charge is 0.142 e. The van der Waals surface area contributed by atoms with Crippen molar-refractivity contribution in [3.8, 4) is 0 Å². The SMILES string of the molecule is Cc1ccc(C)c(C(Br)c2ccc(Cl)c(F)c2)c1. The van der Waals surface area contributed by atoms with Gasteiger partial charge < -0.3 is 0 Å². The van der Waals surface area contributed by atoms with Crippen LogP contribution < -0.4 is 0 Å². The van der Waals surface area contributed by atoms with Crippen LogP contribution in [0.1, 0.15) is 27.1 Å². The van der Waals surface area contributed by atoms with Gasteiger partial charge in [0, 0.05) is 0 Å². The van der Waals surface area contributed by atoms with Crippen LogP contribution in [0.4, 0.5) is 4.39 Å². The molecule has 0 aliphatic carbocycles. The first-order valence-corrected chi connectivity index (χ1v) is 6.94. The summed E-state index contributed by atoms with van der Waals surface area (Å²) in [7, 11) is 0. The van der Waals surface area contributed by atoms with Gasteiger partial charge in [-0.15, -0.1) is 0 Å². The second kappa shape index (κ2) is 5.41. The van der Waals surface area contributed by atoms with E-state index in [0.717, 1.165) is 11.1 Å². The summed E-state index contributed by atoms with van der Waals surface area (Å²) in [6, 6.07) is 11.2. The molecule has 0 nitrogen and oxygen atoms in total. The summed E-state index contributed by atoms with van der Waals surface area (Å²) in [5.41, 5.74) is 4.38. The van der Waals surface area contributed by atoms with Crippen LogP contribution in [0.5, 0.6) is 0 Å². The van der Waals surface area contributed by atoms with E-state index in [-0.39, 0.29) is 15.7 Å². The first kappa shape index (κ1) is 13.6. The van der Waals surface area contributed by atoms with Crippen molar-refractivity contribution in [2.45, 2.75) is 18.7 Å². The van der Waals surface area contributed by atoms with Gasteiger partial charge in [0.1, 0.15) is 5.82 Å². The predicted molar refractivity (Wildman–Crippen MR) is 78.1 cm³/mol. The highest BCUT2D eigenvalue weighted by atomic mass is 79.9. The Balaban J connectivity index is 2.44. The molecule has 0 bridgehead atoms. The summed E-state index contributed by atoms with van der Waals surface area (Å²) < 4.78 is 13.5. The number of hydrogen-bond acceptors (Lipinski definition) is 0. The summed E-state index contributed by atoms with van der Waals surface area (Å²) in [4.78, 5) is -0.0239.